The van der Waals surface area contributed by atoms with Gasteiger partial charge in [-0.1, -0.05) is 12.1 Å². The number of nitrogens with zero attached hydrogens (tertiary/aromatic N) is 1. The first-order chi connectivity index (χ1) is 10.5. The van der Waals surface area contributed by atoms with E-state index in [1.165, 1.54) is 32.4 Å². The molecule has 2 rings (SSSR count). The molecule has 0 bridgehead atoms. The molecule has 0 N–H and O–H groups in total. The summed E-state index contributed by atoms with van der Waals surface area (Å²) in [4.78, 5) is 23.3. The van der Waals surface area contributed by atoms with Gasteiger partial charge in [0.2, 0.25) is 5.69 Å². The molecule has 0 spiro atoms. The minimum atomic E-state index is -0.720. The van der Waals surface area contributed by atoms with Crippen LogP contribution in [0.1, 0.15) is 20.7 Å². The van der Waals surface area contributed by atoms with Crippen molar-refractivity contribution in [2.24, 2.45) is 0 Å². The van der Waals surface area contributed by atoms with E-state index in [1.54, 1.807) is 18.2 Å². The van der Waals surface area contributed by atoms with E-state index in [0.29, 0.717) is 10.3 Å². The first-order valence-electron chi connectivity index (χ1n) is 6.19. The summed E-state index contributed by atoms with van der Waals surface area (Å²) < 4.78 is 9.61. The number of rotatable bonds is 3. The molecule has 0 aliphatic rings. The number of hydrogen-bond acceptors (Lipinski definition) is 5. The molecule has 1 aromatic carbocycles. The molecular weight excluding hydrogens is 310 g/mol. The lowest BCUT2D eigenvalue weighted by Gasteiger charge is -2.11. The highest BCUT2D eigenvalue weighted by Crippen LogP contribution is 2.24. The van der Waals surface area contributed by atoms with E-state index in [4.69, 9.17) is 16.3 Å². The molecule has 1 heterocycles. The van der Waals surface area contributed by atoms with E-state index in [2.05, 4.69) is 4.74 Å². The van der Waals surface area contributed by atoms with E-state index >= 15 is 0 Å². The van der Waals surface area contributed by atoms with Crippen molar-refractivity contribution in [3.05, 3.63) is 57.9 Å². The number of ether oxygens (including phenoxy) is 2. The second-order valence-electron chi connectivity index (χ2n) is 4.25. The Labute approximate surface area is 131 Å². The Morgan fingerprint density at radius 3 is 2.23 bits per heavy atom. The fourth-order valence-corrected chi connectivity index (χ4v) is 2.20. The van der Waals surface area contributed by atoms with Gasteiger partial charge in [-0.15, -0.1) is 0 Å². The van der Waals surface area contributed by atoms with Gasteiger partial charge in [0, 0.05) is 6.07 Å². The fourth-order valence-electron chi connectivity index (χ4n) is 1.97. The second kappa shape index (κ2) is 6.44. The Kier molecular flexibility index (Phi) is 4.62. The highest BCUT2D eigenvalue weighted by molar-refractivity contribution is 6.31. The number of methoxy groups -OCH3 is 2. The van der Waals surface area contributed by atoms with Crippen LogP contribution in [0.25, 0.3) is 11.3 Å². The molecule has 22 heavy (non-hydrogen) atoms. The Bertz CT molecular complexity index is 745. The third-order valence-electron chi connectivity index (χ3n) is 3.04. The average Bonchev–Trinajstić information content (AvgIpc) is 2.56. The number of esters is 2. The van der Waals surface area contributed by atoms with Crippen LogP contribution in [0.2, 0.25) is 5.15 Å². The van der Waals surface area contributed by atoms with Gasteiger partial charge >= 0.3 is 17.1 Å². The summed E-state index contributed by atoms with van der Waals surface area (Å²) >= 11 is 5.92. The minimum Gasteiger partial charge on any atom is -0.617 e. The highest BCUT2D eigenvalue weighted by atomic mass is 35.5. The third-order valence-corrected chi connectivity index (χ3v) is 3.40. The van der Waals surface area contributed by atoms with Gasteiger partial charge < -0.3 is 14.7 Å². The summed E-state index contributed by atoms with van der Waals surface area (Å²) in [6, 6.07) is 9.20. The smallest absolute Gasteiger partial charge is 0.345 e. The van der Waals surface area contributed by atoms with Crippen molar-refractivity contribution in [3.8, 4) is 11.3 Å². The summed E-state index contributed by atoms with van der Waals surface area (Å²) in [6.45, 7) is 0. The number of aromatic nitrogens is 1. The van der Waals surface area contributed by atoms with Crippen molar-refractivity contribution in [3.63, 3.8) is 0 Å². The maximum absolute atomic E-state index is 12.3. The van der Waals surface area contributed by atoms with Gasteiger partial charge in [0.15, 0.2) is 0 Å². The Morgan fingerprint density at radius 1 is 1.00 bits per heavy atom. The zero-order chi connectivity index (χ0) is 16.3. The minimum absolute atomic E-state index is 0.0570. The average molecular weight is 322 g/mol. The summed E-state index contributed by atoms with van der Waals surface area (Å²) in [6.07, 6.45) is 0. The van der Waals surface area contributed by atoms with Gasteiger partial charge in [-0.2, -0.15) is 4.73 Å². The second-order valence-corrected chi connectivity index (χ2v) is 4.60. The highest BCUT2D eigenvalue weighted by Gasteiger charge is 2.24. The van der Waals surface area contributed by atoms with Crippen LogP contribution in [-0.4, -0.2) is 26.2 Å². The van der Waals surface area contributed by atoms with Crippen molar-refractivity contribution in [1.29, 1.82) is 0 Å². The molecule has 114 valence electrons. The van der Waals surface area contributed by atoms with Gasteiger partial charge in [0.1, 0.15) is 5.56 Å². The Balaban J connectivity index is 2.63. The first kappa shape index (κ1) is 15.8. The number of hydrogen-bond donors (Lipinski definition) is 0. The molecule has 0 atom stereocenters. The van der Waals surface area contributed by atoms with Crippen molar-refractivity contribution in [1.82, 2.24) is 0 Å². The number of benzene rings is 1. The van der Waals surface area contributed by atoms with Gasteiger partial charge in [0.05, 0.1) is 25.3 Å². The van der Waals surface area contributed by atoms with Crippen LogP contribution >= 0.6 is 11.6 Å². The topological polar surface area (TPSA) is 79.5 Å². The van der Waals surface area contributed by atoms with E-state index < -0.39 is 11.9 Å². The first-order valence-corrected chi connectivity index (χ1v) is 6.57. The molecule has 1 aromatic heterocycles. The van der Waals surface area contributed by atoms with E-state index in [1.807, 2.05) is 0 Å². The maximum atomic E-state index is 12.3. The molecular formula is C15H12ClNO5. The van der Waals surface area contributed by atoms with Gasteiger partial charge in [-0.3, -0.25) is 0 Å². The molecule has 0 unspecified atom stereocenters. The summed E-state index contributed by atoms with van der Waals surface area (Å²) in [5.41, 5.74) is 0.635. The van der Waals surface area contributed by atoms with Gasteiger partial charge in [-0.05, 0) is 29.8 Å². The molecule has 2 aromatic rings. The van der Waals surface area contributed by atoms with E-state index in [-0.39, 0.29) is 22.0 Å². The van der Waals surface area contributed by atoms with Gasteiger partial charge in [-0.25, -0.2) is 9.59 Å². The number of halogens is 1. The molecule has 0 radical (unpaired) electrons. The van der Waals surface area contributed by atoms with Gasteiger partial charge in [0.25, 0.3) is 0 Å². The summed E-state index contributed by atoms with van der Waals surface area (Å²) in [7, 11) is 2.44. The third kappa shape index (κ3) is 2.73. The van der Waals surface area contributed by atoms with Crippen LogP contribution in [0, 0.1) is 5.21 Å². The van der Waals surface area contributed by atoms with Crippen LogP contribution in [0.5, 0.6) is 0 Å². The predicted octanol–water partition coefficient (Wildman–Crippen LogP) is 2.21. The van der Waals surface area contributed by atoms with Crippen molar-refractivity contribution in [2.45, 2.75) is 0 Å². The zero-order valence-electron chi connectivity index (χ0n) is 11.8. The van der Waals surface area contributed by atoms with Crippen LogP contribution < -0.4 is 4.73 Å². The SMILES string of the molecule is COC(=O)c1ccccc1-c1ccc(C(=O)OC)c(Cl)[n+]1[O-]. The standard InChI is InChI=1S/C15H12ClNO5/c1-21-14(18)10-6-4-3-5-9(10)12-8-7-11(15(19)22-2)13(16)17(12)20/h3-8H,1-2H3. The van der Waals surface area contributed by atoms with Crippen LogP contribution in [0.15, 0.2) is 36.4 Å². The number of carbonyl (C=O) groups is 2. The van der Waals surface area contributed by atoms with Crippen molar-refractivity contribution in [2.75, 3.05) is 14.2 Å². The Morgan fingerprint density at radius 2 is 1.59 bits per heavy atom. The van der Waals surface area contributed by atoms with Crippen molar-refractivity contribution >= 4 is 23.5 Å². The number of carbonyl (C=O) groups excluding carboxylic acids is 2. The van der Waals surface area contributed by atoms with Crippen LogP contribution in [0.3, 0.4) is 0 Å². The van der Waals surface area contributed by atoms with Crippen molar-refractivity contribution < 1.29 is 23.8 Å². The molecule has 0 aliphatic carbocycles. The zero-order valence-corrected chi connectivity index (χ0v) is 12.6. The van der Waals surface area contributed by atoms with E-state index in [0.717, 1.165) is 0 Å². The Hall–Kier alpha value is -2.60. The lowest BCUT2D eigenvalue weighted by atomic mass is 10.0. The predicted molar refractivity (Wildman–Crippen MR) is 78.5 cm³/mol. The molecule has 0 amide bonds. The molecule has 0 saturated heterocycles. The van der Waals surface area contributed by atoms with E-state index in [9.17, 15) is 14.8 Å². The molecule has 0 aliphatic heterocycles. The molecule has 0 saturated carbocycles. The lowest BCUT2D eigenvalue weighted by molar-refractivity contribution is -0.591. The maximum Gasteiger partial charge on any atom is 0.345 e. The molecule has 0 fully saturated rings. The molecule has 7 heteroatoms. The summed E-state index contributed by atoms with van der Waals surface area (Å²) in [5, 5.41) is 12.0. The van der Waals surface area contributed by atoms with Crippen LogP contribution in [0.4, 0.5) is 0 Å². The monoisotopic (exact) mass is 321 g/mol. The molecule has 6 nitrogen and oxygen atoms in total. The quantitative estimate of drug-likeness (QED) is 0.375. The lowest BCUT2D eigenvalue weighted by Crippen LogP contribution is -2.33. The van der Waals surface area contributed by atoms with Crippen LogP contribution in [-0.2, 0) is 9.47 Å². The fraction of sp³-hybridized carbons (Fsp3) is 0.133. The largest absolute Gasteiger partial charge is 0.617 e. The summed E-state index contributed by atoms with van der Waals surface area (Å²) in [5.74, 6) is -1.30. The number of pyridine rings is 1. The normalized spacial score (nSPS) is 10.1.